The first-order valence-electron chi connectivity index (χ1n) is 4.39. The van der Waals surface area contributed by atoms with Gasteiger partial charge in [-0.1, -0.05) is 18.2 Å². The lowest BCUT2D eigenvalue weighted by Gasteiger charge is -2.18. The van der Waals surface area contributed by atoms with Crippen LogP contribution in [0.3, 0.4) is 0 Å². The molecule has 0 heterocycles. The molecule has 0 bridgehead atoms. The zero-order chi connectivity index (χ0) is 11.5. The maximum atomic E-state index is 10.4. The number of carbonyl (C=O) groups is 1. The van der Waals surface area contributed by atoms with E-state index in [1.54, 1.807) is 32.0 Å². The molecular formula is C11H11NO3. The normalized spacial score (nSPS) is 10.5. The molecule has 15 heavy (non-hydrogen) atoms. The Morgan fingerprint density at radius 3 is 2.60 bits per heavy atom. The van der Waals surface area contributed by atoms with Gasteiger partial charge < -0.3 is 9.84 Å². The molecule has 0 atom stereocenters. The Labute approximate surface area is 87.7 Å². The van der Waals surface area contributed by atoms with Crippen LogP contribution < -0.4 is 4.74 Å². The molecule has 4 heteroatoms. The summed E-state index contributed by atoms with van der Waals surface area (Å²) in [5.41, 5.74) is -0.207. The Bertz CT molecular complexity index is 418. The third-order valence-electron chi connectivity index (χ3n) is 2.04. The summed E-state index contributed by atoms with van der Waals surface area (Å²) in [5.74, 6) is 0.205. The highest BCUT2D eigenvalue weighted by Gasteiger charge is 2.24. The fourth-order valence-electron chi connectivity index (χ4n) is 1.23. The summed E-state index contributed by atoms with van der Waals surface area (Å²) in [7, 11) is 0. The minimum Gasteiger partial charge on any atom is -0.449 e. The van der Waals surface area contributed by atoms with Crippen LogP contribution in [-0.4, -0.2) is 11.3 Å². The number of nitrogens with zero attached hydrogens (tertiary/aromatic N) is 1. The molecule has 0 unspecified atom stereocenters. The van der Waals surface area contributed by atoms with Gasteiger partial charge in [0.15, 0.2) is 0 Å². The van der Waals surface area contributed by atoms with E-state index < -0.39 is 11.6 Å². The third kappa shape index (κ3) is 2.47. The minimum atomic E-state index is -1.38. The van der Waals surface area contributed by atoms with Gasteiger partial charge in [0, 0.05) is 5.56 Å². The first-order chi connectivity index (χ1) is 6.97. The van der Waals surface area contributed by atoms with E-state index in [0.29, 0.717) is 5.56 Å². The lowest BCUT2D eigenvalue weighted by atomic mass is 9.86. The summed E-state index contributed by atoms with van der Waals surface area (Å²) in [6, 6.07) is 8.71. The Balaban J connectivity index is 3.19. The van der Waals surface area contributed by atoms with Gasteiger partial charge in [0.2, 0.25) is 0 Å². The van der Waals surface area contributed by atoms with Crippen molar-refractivity contribution >= 4 is 6.16 Å². The quantitative estimate of drug-likeness (QED) is 0.595. The van der Waals surface area contributed by atoms with E-state index in [0.717, 1.165) is 0 Å². The zero-order valence-corrected chi connectivity index (χ0v) is 8.52. The summed E-state index contributed by atoms with van der Waals surface area (Å²) < 4.78 is 4.60. The van der Waals surface area contributed by atoms with Crippen molar-refractivity contribution in [3.05, 3.63) is 29.8 Å². The van der Waals surface area contributed by atoms with Crippen molar-refractivity contribution < 1.29 is 14.6 Å². The van der Waals surface area contributed by atoms with Gasteiger partial charge >= 0.3 is 6.16 Å². The van der Waals surface area contributed by atoms with E-state index in [1.165, 1.54) is 6.07 Å². The van der Waals surface area contributed by atoms with Gasteiger partial charge in [0.05, 0.1) is 11.5 Å². The molecule has 0 aliphatic rings. The molecule has 0 saturated carbocycles. The van der Waals surface area contributed by atoms with Gasteiger partial charge in [0.1, 0.15) is 5.75 Å². The lowest BCUT2D eigenvalue weighted by Crippen LogP contribution is -2.17. The van der Waals surface area contributed by atoms with Crippen LogP contribution in [0.5, 0.6) is 5.75 Å². The third-order valence-corrected chi connectivity index (χ3v) is 2.04. The van der Waals surface area contributed by atoms with Crippen LogP contribution in [0.4, 0.5) is 4.79 Å². The van der Waals surface area contributed by atoms with Crippen LogP contribution in [0.25, 0.3) is 0 Å². The van der Waals surface area contributed by atoms with Crippen LogP contribution in [0.2, 0.25) is 0 Å². The number of hydrogen-bond acceptors (Lipinski definition) is 3. The lowest BCUT2D eigenvalue weighted by molar-refractivity contribution is 0.143. The summed E-state index contributed by atoms with van der Waals surface area (Å²) >= 11 is 0. The summed E-state index contributed by atoms with van der Waals surface area (Å²) in [6.07, 6.45) is -1.38. The predicted molar refractivity (Wildman–Crippen MR) is 53.7 cm³/mol. The maximum absolute atomic E-state index is 10.4. The molecule has 0 aliphatic heterocycles. The highest BCUT2D eigenvalue weighted by molar-refractivity contribution is 5.62. The van der Waals surface area contributed by atoms with Crippen molar-refractivity contribution in [1.82, 2.24) is 0 Å². The Morgan fingerprint density at radius 1 is 1.47 bits per heavy atom. The molecule has 0 amide bonds. The van der Waals surface area contributed by atoms with Gasteiger partial charge in [0.25, 0.3) is 0 Å². The number of rotatable bonds is 2. The van der Waals surface area contributed by atoms with E-state index in [-0.39, 0.29) is 5.75 Å². The van der Waals surface area contributed by atoms with Crippen LogP contribution >= 0.6 is 0 Å². The minimum absolute atomic E-state index is 0.205. The standard InChI is InChI=1S/C11H11NO3/c1-11(2,7-12)8-5-3-4-6-9(8)15-10(13)14/h3-6H,1-2H3,(H,13,14). The van der Waals surface area contributed by atoms with E-state index >= 15 is 0 Å². The van der Waals surface area contributed by atoms with Crippen molar-refractivity contribution in [1.29, 1.82) is 5.26 Å². The molecule has 1 aromatic rings. The average molecular weight is 205 g/mol. The highest BCUT2D eigenvalue weighted by atomic mass is 16.7. The Kier molecular flexibility index (Phi) is 2.96. The smallest absolute Gasteiger partial charge is 0.449 e. The van der Waals surface area contributed by atoms with Gasteiger partial charge in [-0.3, -0.25) is 0 Å². The van der Waals surface area contributed by atoms with Crippen LogP contribution in [0, 0.1) is 11.3 Å². The Morgan fingerprint density at radius 2 is 2.07 bits per heavy atom. The molecule has 1 rings (SSSR count). The summed E-state index contributed by atoms with van der Waals surface area (Å²) in [4.78, 5) is 10.4. The average Bonchev–Trinajstić information content (AvgIpc) is 2.17. The van der Waals surface area contributed by atoms with Crippen molar-refractivity contribution in [2.24, 2.45) is 0 Å². The van der Waals surface area contributed by atoms with Crippen LogP contribution in [0.15, 0.2) is 24.3 Å². The fourth-order valence-corrected chi connectivity index (χ4v) is 1.23. The molecule has 1 aromatic carbocycles. The second kappa shape index (κ2) is 4.01. The van der Waals surface area contributed by atoms with Crippen molar-refractivity contribution in [2.75, 3.05) is 0 Å². The van der Waals surface area contributed by atoms with Gasteiger partial charge in [-0.05, 0) is 19.9 Å². The van der Waals surface area contributed by atoms with E-state index in [4.69, 9.17) is 10.4 Å². The second-order valence-electron chi connectivity index (χ2n) is 3.60. The SMILES string of the molecule is CC(C)(C#N)c1ccccc1OC(=O)O. The molecule has 0 radical (unpaired) electrons. The predicted octanol–water partition coefficient (Wildman–Crippen LogP) is 2.54. The number of benzene rings is 1. The van der Waals surface area contributed by atoms with E-state index in [9.17, 15) is 4.79 Å². The zero-order valence-electron chi connectivity index (χ0n) is 8.52. The fraction of sp³-hybridized carbons (Fsp3) is 0.273. The topological polar surface area (TPSA) is 70.3 Å². The molecular weight excluding hydrogens is 194 g/mol. The number of hydrogen-bond donors (Lipinski definition) is 1. The van der Waals surface area contributed by atoms with Gasteiger partial charge in [-0.25, -0.2) is 4.79 Å². The maximum Gasteiger partial charge on any atom is 0.511 e. The van der Waals surface area contributed by atoms with E-state index in [2.05, 4.69) is 10.8 Å². The Hall–Kier alpha value is -2.02. The number of ether oxygens (including phenoxy) is 1. The van der Waals surface area contributed by atoms with Crippen molar-refractivity contribution in [3.63, 3.8) is 0 Å². The van der Waals surface area contributed by atoms with Crippen LogP contribution in [-0.2, 0) is 5.41 Å². The molecule has 0 aliphatic carbocycles. The van der Waals surface area contributed by atoms with E-state index in [1.807, 2.05) is 0 Å². The molecule has 0 aromatic heterocycles. The number of carboxylic acid groups (broad SMARTS) is 1. The largest absolute Gasteiger partial charge is 0.511 e. The molecule has 78 valence electrons. The highest BCUT2D eigenvalue weighted by Crippen LogP contribution is 2.30. The molecule has 4 nitrogen and oxygen atoms in total. The van der Waals surface area contributed by atoms with Gasteiger partial charge in [-0.15, -0.1) is 0 Å². The second-order valence-corrected chi connectivity index (χ2v) is 3.60. The van der Waals surface area contributed by atoms with Crippen LogP contribution in [0.1, 0.15) is 19.4 Å². The van der Waals surface area contributed by atoms with Gasteiger partial charge in [-0.2, -0.15) is 5.26 Å². The summed E-state index contributed by atoms with van der Waals surface area (Å²) in [6.45, 7) is 3.41. The first-order valence-corrected chi connectivity index (χ1v) is 4.39. The monoisotopic (exact) mass is 205 g/mol. The number of para-hydroxylation sites is 1. The van der Waals surface area contributed by atoms with Crippen molar-refractivity contribution in [2.45, 2.75) is 19.3 Å². The molecule has 1 N–H and O–H groups in total. The molecule has 0 saturated heterocycles. The van der Waals surface area contributed by atoms with Crippen molar-refractivity contribution in [3.8, 4) is 11.8 Å². The summed E-state index contributed by atoms with van der Waals surface area (Å²) in [5, 5.41) is 17.5. The first kappa shape index (κ1) is 11.1. The number of nitriles is 1. The molecule has 0 fully saturated rings. The molecule has 0 spiro atoms.